The topological polar surface area (TPSA) is 36.9 Å². The smallest absolute Gasteiger partial charge is 0.226 e. The molecule has 3 fully saturated rings. The number of fused-ring (bicyclic) bond motifs is 5. The molecule has 1 unspecified atom stereocenters. The molecule has 0 aromatic heterocycles. The summed E-state index contributed by atoms with van der Waals surface area (Å²) in [6.45, 7) is 0. The fourth-order valence-corrected chi connectivity index (χ4v) is 4.66. The Kier molecular flexibility index (Phi) is 3.64. The Labute approximate surface area is 145 Å². The van der Waals surface area contributed by atoms with Crippen molar-refractivity contribution < 1.29 is 23.9 Å². The van der Waals surface area contributed by atoms with Gasteiger partial charge in [-0.15, -0.1) is 0 Å². The molecule has 4 nitrogen and oxygen atoms in total. The summed E-state index contributed by atoms with van der Waals surface area (Å²) in [6.07, 6.45) is 2.19. The summed E-state index contributed by atoms with van der Waals surface area (Å²) in [5.41, 5.74) is 1.05. The molecule has 2 aliphatic carbocycles. The van der Waals surface area contributed by atoms with Gasteiger partial charge in [0.05, 0.1) is 0 Å². The van der Waals surface area contributed by atoms with Crippen LogP contribution in [-0.2, 0) is 25.2 Å². The van der Waals surface area contributed by atoms with Gasteiger partial charge < -0.3 is 0 Å². The largest absolute Gasteiger partial charge is 0.249 e. The predicted molar refractivity (Wildman–Crippen MR) is 86.2 cm³/mol. The van der Waals surface area contributed by atoms with Crippen LogP contribution in [-0.4, -0.2) is 6.10 Å². The molecule has 5 rings (SSSR count). The lowest BCUT2D eigenvalue weighted by Crippen LogP contribution is -2.46. The van der Waals surface area contributed by atoms with Crippen molar-refractivity contribution in [3.63, 3.8) is 0 Å². The van der Waals surface area contributed by atoms with E-state index in [-0.39, 0.29) is 11.9 Å². The maximum absolute atomic E-state index is 13.2. The Bertz CT molecular complexity index is 750. The second-order valence-electron chi connectivity index (χ2n) is 7.11. The molecular formula is C20H19FO4. The SMILES string of the molecule is Fc1ccc(C2OO[C@@H]3[C@H]4CC[C@H](C4)[C@]3(c3ccccc3)OO2)cc1. The molecule has 0 radical (unpaired) electrons. The highest BCUT2D eigenvalue weighted by molar-refractivity contribution is 5.29. The minimum absolute atomic E-state index is 0.209. The van der Waals surface area contributed by atoms with Crippen molar-refractivity contribution in [1.82, 2.24) is 0 Å². The van der Waals surface area contributed by atoms with Crippen molar-refractivity contribution in [3.8, 4) is 0 Å². The Hall–Kier alpha value is -1.79. The average Bonchev–Trinajstić information content (AvgIpc) is 3.18. The van der Waals surface area contributed by atoms with Gasteiger partial charge in [-0.1, -0.05) is 42.5 Å². The minimum Gasteiger partial charge on any atom is -0.226 e. The van der Waals surface area contributed by atoms with Crippen molar-refractivity contribution in [2.75, 3.05) is 0 Å². The van der Waals surface area contributed by atoms with Crippen molar-refractivity contribution >= 4 is 0 Å². The minimum atomic E-state index is -0.841. The molecule has 130 valence electrons. The number of rotatable bonds is 2. The molecule has 25 heavy (non-hydrogen) atoms. The van der Waals surface area contributed by atoms with Crippen LogP contribution < -0.4 is 0 Å². The third kappa shape index (κ3) is 2.34. The molecule has 0 N–H and O–H groups in total. The first-order valence-corrected chi connectivity index (χ1v) is 8.75. The zero-order chi connectivity index (χ0) is 16.9. The summed E-state index contributed by atoms with van der Waals surface area (Å²) >= 11 is 0. The Morgan fingerprint density at radius 3 is 2.48 bits per heavy atom. The molecule has 0 spiro atoms. The van der Waals surface area contributed by atoms with E-state index >= 15 is 0 Å². The monoisotopic (exact) mass is 342 g/mol. The van der Waals surface area contributed by atoms with Gasteiger partial charge in [0.15, 0.2) is 5.60 Å². The van der Waals surface area contributed by atoms with E-state index in [1.807, 2.05) is 18.2 Å². The van der Waals surface area contributed by atoms with Crippen molar-refractivity contribution in [3.05, 3.63) is 71.5 Å². The summed E-state index contributed by atoms with van der Waals surface area (Å²) in [4.78, 5) is 23.2. The van der Waals surface area contributed by atoms with Crippen LogP contribution in [0.25, 0.3) is 0 Å². The van der Waals surface area contributed by atoms with Crippen LogP contribution in [0.5, 0.6) is 0 Å². The zero-order valence-electron chi connectivity index (χ0n) is 13.6. The van der Waals surface area contributed by atoms with E-state index in [9.17, 15) is 4.39 Å². The van der Waals surface area contributed by atoms with Gasteiger partial charge in [-0.2, -0.15) is 9.78 Å². The fourth-order valence-electron chi connectivity index (χ4n) is 4.66. The van der Waals surface area contributed by atoms with Gasteiger partial charge in [0.25, 0.3) is 0 Å². The van der Waals surface area contributed by atoms with E-state index in [0.29, 0.717) is 17.4 Å². The zero-order valence-corrected chi connectivity index (χ0v) is 13.6. The first-order valence-electron chi connectivity index (χ1n) is 8.75. The first kappa shape index (κ1) is 15.5. The molecule has 5 heteroatoms. The molecular weight excluding hydrogens is 323 g/mol. The lowest BCUT2D eigenvalue weighted by atomic mass is 9.77. The van der Waals surface area contributed by atoms with E-state index in [2.05, 4.69) is 12.1 Å². The van der Waals surface area contributed by atoms with Gasteiger partial charge in [0.2, 0.25) is 6.29 Å². The summed E-state index contributed by atoms with van der Waals surface area (Å²) < 4.78 is 13.2. The molecule has 2 bridgehead atoms. The van der Waals surface area contributed by atoms with E-state index in [4.69, 9.17) is 19.6 Å². The van der Waals surface area contributed by atoms with E-state index < -0.39 is 11.9 Å². The van der Waals surface area contributed by atoms with Gasteiger partial charge in [0.1, 0.15) is 11.9 Å². The summed E-state index contributed by atoms with van der Waals surface area (Å²) in [5.74, 6) is 0.413. The maximum atomic E-state index is 13.2. The summed E-state index contributed by atoms with van der Waals surface area (Å²) in [6, 6.07) is 16.0. The lowest BCUT2D eigenvalue weighted by molar-refractivity contribution is -0.450. The number of hydrogen-bond donors (Lipinski definition) is 0. The van der Waals surface area contributed by atoms with Crippen LogP contribution in [0.3, 0.4) is 0 Å². The fraction of sp³-hybridized carbons (Fsp3) is 0.400. The van der Waals surface area contributed by atoms with Gasteiger partial charge >= 0.3 is 0 Å². The molecule has 1 aliphatic heterocycles. The van der Waals surface area contributed by atoms with Gasteiger partial charge in [-0.25, -0.2) is 14.2 Å². The van der Waals surface area contributed by atoms with E-state index in [1.54, 1.807) is 12.1 Å². The standard InChI is InChI=1S/C20H19FO4/c21-17-10-7-13(8-11-17)19-23-22-18-14-6-9-16(12-14)20(18,25-24-19)15-4-2-1-3-5-15/h1-5,7-8,10-11,14,16,18-19H,6,9,12H2/t14-,16+,18+,19?,20-/m0/s1. The van der Waals surface area contributed by atoms with E-state index in [1.165, 1.54) is 12.1 Å². The third-order valence-electron chi connectivity index (χ3n) is 5.82. The third-order valence-corrected chi connectivity index (χ3v) is 5.82. The van der Waals surface area contributed by atoms with Crippen LogP contribution >= 0.6 is 0 Å². The molecule has 2 aromatic carbocycles. The highest BCUT2D eigenvalue weighted by Gasteiger charge is 2.64. The second kappa shape index (κ2) is 5.88. The van der Waals surface area contributed by atoms with Gasteiger partial charge in [0, 0.05) is 5.56 Å². The van der Waals surface area contributed by atoms with E-state index in [0.717, 1.165) is 24.8 Å². The number of hydrogen-bond acceptors (Lipinski definition) is 4. The normalized spacial score (nSPS) is 36.8. The average molecular weight is 342 g/mol. The predicted octanol–water partition coefficient (Wildman–Crippen LogP) is 4.43. The Morgan fingerprint density at radius 1 is 0.880 bits per heavy atom. The van der Waals surface area contributed by atoms with Crippen molar-refractivity contribution in [2.45, 2.75) is 37.3 Å². The highest BCUT2D eigenvalue weighted by atomic mass is 19.1. The van der Waals surface area contributed by atoms with Crippen molar-refractivity contribution in [1.29, 1.82) is 0 Å². The molecule has 2 aromatic rings. The Morgan fingerprint density at radius 2 is 1.68 bits per heavy atom. The van der Waals surface area contributed by atoms with Crippen LogP contribution in [0, 0.1) is 17.7 Å². The molecule has 5 atom stereocenters. The molecule has 0 amide bonds. The van der Waals surface area contributed by atoms with Crippen LogP contribution in [0.15, 0.2) is 54.6 Å². The summed E-state index contributed by atoms with van der Waals surface area (Å²) in [7, 11) is 0. The van der Waals surface area contributed by atoms with Gasteiger partial charge in [-0.3, -0.25) is 0 Å². The molecule has 2 saturated carbocycles. The van der Waals surface area contributed by atoms with Crippen LogP contribution in [0.2, 0.25) is 0 Å². The van der Waals surface area contributed by atoms with Crippen LogP contribution in [0.1, 0.15) is 36.7 Å². The highest BCUT2D eigenvalue weighted by Crippen LogP contribution is 2.60. The lowest BCUT2D eigenvalue weighted by Gasteiger charge is -2.39. The summed E-state index contributed by atoms with van der Waals surface area (Å²) in [5, 5.41) is 0. The number of benzene rings is 2. The first-order chi connectivity index (χ1) is 12.3. The maximum Gasteiger partial charge on any atom is 0.249 e. The second-order valence-corrected chi connectivity index (χ2v) is 7.11. The van der Waals surface area contributed by atoms with Gasteiger partial charge in [-0.05, 0) is 48.8 Å². The molecule has 1 heterocycles. The molecule has 3 aliphatic rings. The van der Waals surface area contributed by atoms with Crippen LogP contribution in [0.4, 0.5) is 4.39 Å². The molecule has 1 saturated heterocycles. The quantitative estimate of drug-likeness (QED) is 0.757. The Balaban J connectivity index is 1.50. The van der Waals surface area contributed by atoms with Crippen molar-refractivity contribution in [2.24, 2.45) is 11.8 Å². The number of halogens is 1.